The molecular weight excluding hydrogens is 258 g/mol. The average molecular weight is 271 g/mol. The highest BCUT2D eigenvalue weighted by Gasteiger charge is 2.18. The average Bonchev–Trinajstić information content (AvgIpc) is 2.38. The summed E-state index contributed by atoms with van der Waals surface area (Å²) >= 11 is 0. The molecule has 0 aliphatic heterocycles. The molecule has 0 bridgehead atoms. The Morgan fingerprint density at radius 2 is 2.00 bits per heavy atom. The van der Waals surface area contributed by atoms with E-state index in [2.05, 4.69) is 20.3 Å². The summed E-state index contributed by atoms with van der Waals surface area (Å²) in [5.74, 6) is -0.783. The minimum atomic E-state index is -1.09. The van der Waals surface area contributed by atoms with Crippen molar-refractivity contribution in [1.29, 1.82) is 5.41 Å². The van der Waals surface area contributed by atoms with Gasteiger partial charge in [-0.3, -0.25) is 0 Å². The molecule has 0 radical (unpaired) electrons. The van der Waals surface area contributed by atoms with Gasteiger partial charge >= 0.3 is 5.97 Å². The lowest BCUT2D eigenvalue weighted by Gasteiger charge is -2.13. The summed E-state index contributed by atoms with van der Waals surface area (Å²) < 4.78 is 0. The van der Waals surface area contributed by atoms with Crippen molar-refractivity contribution in [2.24, 2.45) is 0 Å². The molecule has 0 aliphatic rings. The lowest BCUT2D eigenvalue weighted by atomic mass is 10.0. The molecule has 2 rings (SSSR count). The molecular formula is C13H13N5O2. The lowest BCUT2D eigenvalue weighted by molar-refractivity contribution is 0.0696. The standard InChI is InChI=1S/C13H13N5O2/c1-7-3-10(13(19)20)11(8(2)14)12(17-7)18-9-4-15-6-16-5-9/h3-6,14H,1-2H3,(H,17,18)(H,19,20). The normalized spacial score (nSPS) is 10.1. The summed E-state index contributed by atoms with van der Waals surface area (Å²) in [5, 5.41) is 20.0. The fourth-order valence-corrected chi connectivity index (χ4v) is 1.81. The van der Waals surface area contributed by atoms with Crippen LogP contribution < -0.4 is 5.32 Å². The van der Waals surface area contributed by atoms with Crippen LogP contribution in [0.4, 0.5) is 11.5 Å². The third-order valence-electron chi connectivity index (χ3n) is 2.58. The van der Waals surface area contributed by atoms with Crippen LogP contribution in [-0.4, -0.2) is 31.7 Å². The second kappa shape index (κ2) is 5.43. The number of aromatic carboxylic acids is 1. The van der Waals surface area contributed by atoms with Crippen molar-refractivity contribution in [3.05, 3.63) is 41.6 Å². The summed E-state index contributed by atoms with van der Waals surface area (Å²) in [6, 6.07) is 1.45. The zero-order valence-electron chi connectivity index (χ0n) is 11.0. The number of hydrogen-bond donors (Lipinski definition) is 3. The van der Waals surface area contributed by atoms with Crippen LogP contribution in [0, 0.1) is 12.3 Å². The number of hydrogen-bond acceptors (Lipinski definition) is 6. The molecule has 0 saturated heterocycles. The molecule has 7 heteroatoms. The van der Waals surface area contributed by atoms with E-state index in [0.29, 0.717) is 17.2 Å². The van der Waals surface area contributed by atoms with Gasteiger partial charge in [-0.05, 0) is 19.9 Å². The Morgan fingerprint density at radius 3 is 2.55 bits per heavy atom. The van der Waals surface area contributed by atoms with Gasteiger partial charge in [0.15, 0.2) is 0 Å². The molecule has 0 atom stereocenters. The number of nitrogens with zero attached hydrogens (tertiary/aromatic N) is 3. The second-order valence-electron chi connectivity index (χ2n) is 4.22. The van der Waals surface area contributed by atoms with Crippen LogP contribution in [0.1, 0.15) is 28.5 Å². The zero-order valence-corrected chi connectivity index (χ0v) is 11.0. The van der Waals surface area contributed by atoms with E-state index >= 15 is 0 Å². The molecule has 20 heavy (non-hydrogen) atoms. The molecule has 0 spiro atoms. The first-order valence-electron chi connectivity index (χ1n) is 5.81. The Bertz CT molecular complexity index is 670. The van der Waals surface area contributed by atoms with Crippen molar-refractivity contribution in [1.82, 2.24) is 15.0 Å². The van der Waals surface area contributed by atoms with Gasteiger partial charge in [0.25, 0.3) is 0 Å². The van der Waals surface area contributed by atoms with E-state index < -0.39 is 5.97 Å². The highest BCUT2D eigenvalue weighted by Crippen LogP contribution is 2.23. The maximum Gasteiger partial charge on any atom is 0.336 e. The van der Waals surface area contributed by atoms with Crippen LogP contribution in [0.15, 0.2) is 24.8 Å². The molecule has 3 N–H and O–H groups in total. The van der Waals surface area contributed by atoms with Crippen molar-refractivity contribution in [2.75, 3.05) is 5.32 Å². The molecule has 0 amide bonds. The number of nitrogens with one attached hydrogen (secondary N) is 2. The zero-order chi connectivity index (χ0) is 14.7. The molecule has 0 fully saturated rings. The van der Waals surface area contributed by atoms with E-state index in [4.69, 9.17) is 5.41 Å². The van der Waals surface area contributed by atoms with Gasteiger partial charge < -0.3 is 15.8 Å². The summed E-state index contributed by atoms with van der Waals surface area (Å²) in [5.41, 5.74) is 1.54. The number of carboxylic acid groups (broad SMARTS) is 1. The summed E-state index contributed by atoms with van der Waals surface area (Å²) in [6.07, 6.45) is 4.47. The summed E-state index contributed by atoms with van der Waals surface area (Å²) in [7, 11) is 0. The monoisotopic (exact) mass is 271 g/mol. The third-order valence-corrected chi connectivity index (χ3v) is 2.58. The first-order valence-corrected chi connectivity index (χ1v) is 5.81. The number of rotatable bonds is 4. The minimum Gasteiger partial charge on any atom is -0.478 e. The smallest absolute Gasteiger partial charge is 0.336 e. The van der Waals surface area contributed by atoms with E-state index in [1.54, 1.807) is 19.3 Å². The molecule has 7 nitrogen and oxygen atoms in total. The van der Waals surface area contributed by atoms with Crippen molar-refractivity contribution < 1.29 is 9.90 Å². The molecule has 102 valence electrons. The van der Waals surface area contributed by atoms with Crippen LogP contribution >= 0.6 is 0 Å². The van der Waals surface area contributed by atoms with Crippen LogP contribution in [0.25, 0.3) is 0 Å². The highest BCUT2D eigenvalue weighted by molar-refractivity contribution is 6.09. The van der Waals surface area contributed by atoms with Crippen LogP contribution in [-0.2, 0) is 0 Å². The Hall–Kier alpha value is -2.83. The maximum atomic E-state index is 11.3. The van der Waals surface area contributed by atoms with Gasteiger partial charge in [0.2, 0.25) is 0 Å². The maximum absolute atomic E-state index is 11.3. The van der Waals surface area contributed by atoms with Crippen LogP contribution in [0.2, 0.25) is 0 Å². The number of pyridine rings is 1. The Kier molecular flexibility index (Phi) is 3.69. The van der Waals surface area contributed by atoms with Gasteiger partial charge in [-0.15, -0.1) is 0 Å². The molecule has 0 aliphatic carbocycles. The minimum absolute atomic E-state index is 0.0457. The van der Waals surface area contributed by atoms with Crippen LogP contribution in [0.3, 0.4) is 0 Å². The third kappa shape index (κ3) is 2.77. The van der Waals surface area contributed by atoms with Gasteiger partial charge in [0, 0.05) is 11.4 Å². The number of anilines is 2. The van der Waals surface area contributed by atoms with Gasteiger partial charge in [-0.1, -0.05) is 0 Å². The van der Waals surface area contributed by atoms with E-state index in [9.17, 15) is 9.90 Å². The first kappa shape index (κ1) is 13.6. The predicted octanol–water partition coefficient (Wildman–Crippen LogP) is 2.01. The number of carboxylic acids is 1. The number of aryl methyl sites for hydroxylation is 1. The predicted molar refractivity (Wildman–Crippen MR) is 73.8 cm³/mol. The largest absolute Gasteiger partial charge is 0.478 e. The Morgan fingerprint density at radius 1 is 1.35 bits per heavy atom. The molecule has 0 aromatic carbocycles. The molecule has 2 aromatic rings. The van der Waals surface area contributed by atoms with Crippen LogP contribution in [0.5, 0.6) is 0 Å². The summed E-state index contributed by atoms with van der Waals surface area (Å²) in [6.45, 7) is 3.22. The second-order valence-corrected chi connectivity index (χ2v) is 4.22. The molecule has 0 saturated carbocycles. The molecule has 2 aromatic heterocycles. The molecule has 0 unspecified atom stereocenters. The van der Waals surface area contributed by atoms with Crippen molar-refractivity contribution in [2.45, 2.75) is 13.8 Å². The Labute approximate surface area is 115 Å². The summed E-state index contributed by atoms with van der Waals surface area (Å²) in [4.78, 5) is 23.3. The van der Waals surface area contributed by atoms with Gasteiger partial charge in [0.05, 0.1) is 29.2 Å². The highest BCUT2D eigenvalue weighted by atomic mass is 16.4. The van der Waals surface area contributed by atoms with E-state index in [1.807, 2.05) is 0 Å². The SMILES string of the molecule is CC(=N)c1c(C(=O)O)cc(C)nc1Nc1cncnc1. The van der Waals surface area contributed by atoms with E-state index in [-0.39, 0.29) is 16.8 Å². The molecule has 2 heterocycles. The Balaban J connectivity index is 2.56. The first-order chi connectivity index (χ1) is 9.49. The van der Waals surface area contributed by atoms with Gasteiger partial charge in [0.1, 0.15) is 12.1 Å². The van der Waals surface area contributed by atoms with Crippen molar-refractivity contribution in [3.63, 3.8) is 0 Å². The van der Waals surface area contributed by atoms with Crippen molar-refractivity contribution in [3.8, 4) is 0 Å². The fraction of sp³-hybridized carbons (Fsp3) is 0.154. The topological polar surface area (TPSA) is 112 Å². The quantitative estimate of drug-likeness (QED) is 0.733. The van der Waals surface area contributed by atoms with E-state index in [1.165, 1.54) is 19.3 Å². The number of carbonyl (C=O) groups is 1. The lowest BCUT2D eigenvalue weighted by Crippen LogP contribution is -2.12. The van der Waals surface area contributed by atoms with Gasteiger partial charge in [-0.25, -0.2) is 19.7 Å². The number of aromatic nitrogens is 3. The fourth-order valence-electron chi connectivity index (χ4n) is 1.81. The van der Waals surface area contributed by atoms with E-state index in [0.717, 1.165) is 0 Å². The van der Waals surface area contributed by atoms with Gasteiger partial charge in [-0.2, -0.15) is 0 Å². The van der Waals surface area contributed by atoms with Crippen molar-refractivity contribution >= 4 is 23.2 Å².